The lowest BCUT2D eigenvalue weighted by Crippen LogP contribution is -2.44. The Hall–Kier alpha value is -3.94. The number of ether oxygens (including phenoxy) is 4. The van der Waals surface area contributed by atoms with Crippen LogP contribution < -0.4 is 0 Å². The Morgan fingerprint density at radius 1 is 0.605 bits per heavy atom. The average molecular weight is 523 g/mol. The van der Waals surface area contributed by atoms with Crippen LogP contribution in [0.25, 0.3) is 5.57 Å². The first-order valence-corrected chi connectivity index (χ1v) is 12.4. The lowest BCUT2D eigenvalue weighted by Gasteiger charge is -2.32. The number of benzene rings is 2. The minimum Gasteiger partial charge on any atom is -0.468 e. The highest BCUT2D eigenvalue weighted by atomic mass is 16.6. The first-order chi connectivity index (χ1) is 18.3. The van der Waals surface area contributed by atoms with E-state index in [1.54, 1.807) is 0 Å². The van der Waals surface area contributed by atoms with Crippen LogP contribution in [-0.2, 0) is 51.0 Å². The highest BCUT2D eigenvalue weighted by molar-refractivity contribution is 6.02. The number of aryl methyl sites for hydroxylation is 1. The summed E-state index contributed by atoms with van der Waals surface area (Å²) in [5.41, 5.74) is -0.173. The molecule has 8 nitrogen and oxygen atoms in total. The molecule has 202 valence electrons. The van der Waals surface area contributed by atoms with Gasteiger partial charge in [0.2, 0.25) is 0 Å². The van der Waals surface area contributed by atoms with Gasteiger partial charge in [-0.25, -0.2) is 0 Å². The number of fused-ring (bicyclic) bond motifs is 1. The summed E-state index contributed by atoms with van der Waals surface area (Å²) in [4.78, 5) is 52.9. The Labute approximate surface area is 222 Å². The third-order valence-electron chi connectivity index (χ3n) is 7.33. The van der Waals surface area contributed by atoms with Crippen LogP contribution in [0.3, 0.4) is 0 Å². The van der Waals surface area contributed by atoms with Gasteiger partial charge in [-0.05, 0) is 60.8 Å². The molecule has 0 heterocycles. The van der Waals surface area contributed by atoms with Gasteiger partial charge in [0.25, 0.3) is 0 Å². The fourth-order valence-electron chi connectivity index (χ4n) is 5.23. The molecule has 0 amide bonds. The third-order valence-corrected chi connectivity index (χ3v) is 7.33. The first-order valence-electron chi connectivity index (χ1n) is 12.4. The summed E-state index contributed by atoms with van der Waals surface area (Å²) in [6.45, 7) is 0. The molecule has 0 spiro atoms. The molecule has 0 fully saturated rings. The Kier molecular flexibility index (Phi) is 9.45. The van der Waals surface area contributed by atoms with Gasteiger partial charge < -0.3 is 18.9 Å². The van der Waals surface area contributed by atoms with Crippen LogP contribution >= 0.6 is 0 Å². The molecule has 0 aliphatic heterocycles. The van der Waals surface area contributed by atoms with Crippen LogP contribution in [0.15, 0.2) is 60.7 Å². The van der Waals surface area contributed by atoms with Crippen LogP contribution in [0.4, 0.5) is 0 Å². The molecular formula is C30H34O8. The van der Waals surface area contributed by atoms with E-state index >= 15 is 0 Å². The Morgan fingerprint density at radius 2 is 1.08 bits per heavy atom. The van der Waals surface area contributed by atoms with Crippen molar-refractivity contribution < 1.29 is 38.1 Å². The SMILES string of the molecule is COC(=O)C1(C(=O)OC)CCc2ccccc2CC(C(=O)OC)(C(=O)OC)CC/C=C(/c2ccccc2)C1. The van der Waals surface area contributed by atoms with Gasteiger partial charge in [0.05, 0.1) is 28.4 Å². The second-order valence-electron chi connectivity index (χ2n) is 9.39. The van der Waals surface area contributed by atoms with E-state index in [1.165, 1.54) is 28.4 Å². The fourth-order valence-corrected chi connectivity index (χ4v) is 5.23. The van der Waals surface area contributed by atoms with Crippen LogP contribution in [0.5, 0.6) is 0 Å². The van der Waals surface area contributed by atoms with Crippen molar-refractivity contribution in [3.05, 3.63) is 77.4 Å². The largest absolute Gasteiger partial charge is 0.468 e. The topological polar surface area (TPSA) is 105 Å². The lowest BCUT2D eigenvalue weighted by atomic mass is 9.72. The number of hydrogen-bond donors (Lipinski definition) is 0. The highest BCUT2D eigenvalue weighted by Crippen LogP contribution is 2.41. The zero-order chi connectivity index (χ0) is 27.8. The molecule has 0 bridgehead atoms. The van der Waals surface area contributed by atoms with E-state index in [1.807, 2.05) is 60.7 Å². The van der Waals surface area contributed by atoms with E-state index in [-0.39, 0.29) is 32.1 Å². The second kappa shape index (κ2) is 12.5. The molecular weight excluding hydrogens is 488 g/mol. The average Bonchev–Trinajstić information content (AvgIpc) is 2.96. The van der Waals surface area contributed by atoms with Crippen LogP contribution in [0, 0.1) is 10.8 Å². The van der Waals surface area contributed by atoms with Gasteiger partial charge in [0.1, 0.15) is 0 Å². The van der Waals surface area contributed by atoms with Gasteiger partial charge in [-0.15, -0.1) is 0 Å². The van der Waals surface area contributed by atoms with Crippen molar-refractivity contribution in [2.24, 2.45) is 10.8 Å². The second-order valence-corrected chi connectivity index (χ2v) is 9.39. The van der Waals surface area contributed by atoms with Crippen LogP contribution in [0.1, 0.15) is 42.4 Å². The number of carbonyl (C=O) groups excluding carboxylic acids is 4. The van der Waals surface area contributed by atoms with Crippen molar-refractivity contribution in [2.45, 2.75) is 38.5 Å². The fraction of sp³-hybridized carbons (Fsp3) is 0.400. The molecule has 0 saturated carbocycles. The standard InChI is InChI=1S/C30H34O8/c1-35-25(31)29(26(32)36-2)17-10-15-24(21-11-6-5-7-12-21)20-30(27(33)37-3,28(34)38-4)18-16-22-13-8-9-14-23(22)19-29/h5-9,11-15H,10,16-20H2,1-4H3/b24-15+. The molecule has 0 unspecified atom stereocenters. The normalized spacial score (nSPS) is 18.2. The summed E-state index contributed by atoms with van der Waals surface area (Å²) in [5.74, 6) is -2.72. The first kappa shape index (κ1) is 28.6. The van der Waals surface area contributed by atoms with Crippen molar-refractivity contribution in [2.75, 3.05) is 28.4 Å². The summed E-state index contributed by atoms with van der Waals surface area (Å²) in [7, 11) is 5.01. The molecule has 2 aromatic rings. The number of allylic oxidation sites excluding steroid dienone is 2. The number of esters is 4. The van der Waals surface area contributed by atoms with E-state index in [0.717, 1.165) is 16.7 Å². The van der Waals surface area contributed by atoms with E-state index in [4.69, 9.17) is 18.9 Å². The predicted octanol–water partition coefficient (Wildman–Crippen LogP) is 4.09. The minimum atomic E-state index is -1.60. The van der Waals surface area contributed by atoms with Gasteiger partial charge in [-0.2, -0.15) is 0 Å². The Morgan fingerprint density at radius 3 is 1.61 bits per heavy atom. The van der Waals surface area contributed by atoms with E-state index in [0.29, 0.717) is 12.0 Å². The summed E-state index contributed by atoms with van der Waals surface area (Å²) in [5, 5.41) is 0. The van der Waals surface area contributed by atoms with Crippen molar-refractivity contribution in [3.8, 4) is 0 Å². The number of carbonyl (C=O) groups is 4. The zero-order valence-electron chi connectivity index (χ0n) is 22.3. The van der Waals surface area contributed by atoms with Gasteiger partial charge in [0, 0.05) is 0 Å². The molecule has 2 aromatic carbocycles. The molecule has 0 saturated heterocycles. The van der Waals surface area contributed by atoms with Crippen molar-refractivity contribution in [1.29, 1.82) is 0 Å². The number of hydrogen-bond acceptors (Lipinski definition) is 8. The molecule has 38 heavy (non-hydrogen) atoms. The van der Waals surface area contributed by atoms with Crippen molar-refractivity contribution in [1.82, 2.24) is 0 Å². The maximum absolute atomic E-state index is 13.3. The van der Waals surface area contributed by atoms with Crippen molar-refractivity contribution >= 4 is 29.5 Å². The Balaban J connectivity index is 2.26. The Bertz CT molecular complexity index is 1170. The van der Waals surface area contributed by atoms with Crippen LogP contribution in [-0.4, -0.2) is 52.3 Å². The molecule has 8 heteroatoms. The molecule has 1 aliphatic carbocycles. The summed E-state index contributed by atoms with van der Waals surface area (Å²) in [6, 6.07) is 16.6. The number of methoxy groups -OCH3 is 4. The van der Waals surface area contributed by atoms with Gasteiger partial charge in [-0.1, -0.05) is 60.7 Å². The lowest BCUT2D eigenvalue weighted by molar-refractivity contribution is -0.170. The molecule has 0 N–H and O–H groups in total. The monoisotopic (exact) mass is 522 g/mol. The minimum absolute atomic E-state index is 0.0158. The third kappa shape index (κ3) is 5.64. The molecule has 0 aromatic heterocycles. The van der Waals surface area contributed by atoms with Crippen molar-refractivity contribution in [3.63, 3.8) is 0 Å². The zero-order valence-corrected chi connectivity index (χ0v) is 22.3. The van der Waals surface area contributed by atoms with E-state index in [9.17, 15) is 19.2 Å². The van der Waals surface area contributed by atoms with Gasteiger partial charge >= 0.3 is 23.9 Å². The van der Waals surface area contributed by atoms with Gasteiger partial charge in [-0.3, -0.25) is 19.2 Å². The molecule has 1 aliphatic rings. The maximum atomic E-state index is 13.3. The summed E-state index contributed by atoms with van der Waals surface area (Å²) < 4.78 is 20.5. The van der Waals surface area contributed by atoms with Crippen LogP contribution in [0.2, 0.25) is 0 Å². The quantitative estimate of drug-likeness (QED) is 0.328. The van der Waals surface area contributed by atoms with E-state index in [2.05, 4.69) is 0 Å². The highest BCUT2D eigenvalue weighted by Gasteiger charge is 2.51. The van der Waals surface area contributed by atoms with Gasteiger partial charge in [0.15, 0.2) is 10.8 Å². The smallest absolute Gasteiger partial charge is 0.323 e. The molecule has 3 rings (SSSR count). The number of rotatable bonds is 5. The predicted molar refractivity (Wildman–Crippen MR) is 140 cm³/mol. The summed E-state index contributed by atoms with van der Waals surface area (Å²) >= 11 is 0. The summed E-state index contributed by atoms with van der Waals surface area (Å²) in [6.07, 6.45) is 2.67. The van der Waals surface area contributed by atoms with E-state index < -0.39 is 34.7 Å². The molecule has 0 atom stereocenters. The maximum Gasteiger partial charge on any atom is 0.323 e. The molecule has 0 radical (unpaired) electrons.